The van der Waals surface area contributed by atoms with Crippen LogP contribution >= 0.6 is 0 Å². The molecule has 0 aliphatic rings. The quantitative estimate of drug-likeness (QED) is 0.759. The number of rotatable bonds is 5. The van der Waals surface area contributed by atoms with Gasteiger partial charge in [-0.25, -0.2) is 4.79 Å². The Morgan fingerprint density at radius 2 is 1.95 bits per heavy atom. The molecule has 4 heteroatoms. The second kappa shape index (κ2) is 5.93. The number of aromatic nitrogens is 1. The third kappa shape index (κ3) is 2.96. The van der Waals surface area contributed by atoms with E-state index in [1.807, 2.05) is 72.4 Å². The molecule has 0 fully saturated rings. The van der Waals surface area contributed by atoms with Crippen LogP contribution in [0.3, 0.4) is 0 Å². The third-order valence-electron chi connectivity index (χ3n) is 3.81. The van der Waals surface area contributed by atoms with Crippen molar-refractivity contribution < 1.29 is 9.90 Å². The standard InChI is InChI=1S/C18H18N2O2/c1-20-10-9-14-12-15(7-8-17(14)20)19-16(18(21)22)11-13-5-3-2-4-6-13/h2-10,12,16,19H,11H2,1H3,(H,21,22). The van der Waals surface area contributed by atoms with Gasteiger partial charge in [0.25, 0.3) is 0 Å². The van der Waals surface area contributed by atoms with E-state index in [4.69, 9.17) is 0 Å². The van der Waals surface area contributed by atoms with Gasteiger partial charge in [-0.3, -0.25) is 0 Å². The predicted octanol–water partition coefficient (Wildman–Crippen LogP) is 3.29. The molecule has 4 nitrogen and oxygen atoms in total. The molecule has 1 unspecified atom stereocenters. The zero-order chi connectivity index (χ0) is 15.5. The summed E-state index contributed by atoms with van der Waals surface area (Å²) in [5, 5.41) is 13.7. The van der Waals surface area contributed by atoms with Gasteiger partial charge in [-0.15, -0.1) is 0 Å². The number of nitrogens with zero attached hydrogens (tertiary/aromatic N) is 1. The lowest BCUT2D eigenvalue weighted by molar-refractivity contribution is -0.137. The second-order valence-electron chi connectivity index (χ2n) is 5.43. The maximum Gasteiger partial charge on any atom is 0.326 e. The van der Waals surface area contributed by atoms with Gasteiger partial charge in [0.1, 0.15) is 6.04 Å². The minimum Gasteiger partial charge on any atom is -0.480 e. The topological polar surface area (TPSA) is 54.3 Å². The Kier molecular flexibility index (Phi) is 3.83. The lowest BCUT2D eigenvalue weighted by Gasteiger charge is -2.16. The first-order chi connectivity index (χ1) is 10.6. The van der Waals surface area contributed by atoms with Gasteiger partial charge in [0, 0.05) is 36.3 Å². The fourth-order valence-corrected chi connectivity index (χ4v) is 2.62. The van der Waals surface area contributed by atoms with Crippen LogP contribution in [0, 0.1) is 0 Å². The van der Waals surface area contributed by atoms with E-state index in [1.54, 1.807) is 0 Å². The van der Waals surface area contributed by atoms with E-state index < -0.39 is 12.0 Å². The minimum absolute atomic E-state index is 0.447. The van der Waals surface area contributed by atoms with Gasteiger partial charge >= 0.3 is 5.97 Å². The first kappa shape index (κ1) is 14.2. The summed E-state index contributed by atoms with van der Waals surface area (Å²) >= 11 is 0. The maximum absolute atomic E-state index is 11.5. The van der Waals surface area contributed by atoms with E-state index in [9.17, 15) is 9.90 Å². The first-order valence-corrected chi connectivity index (χ1v) is 7.22. The zero-order valence-corrected chi connectivity index (χ0v) is 12.4. The van der Waals surface area contributed by atoms with Crippen molar-refractivity contribution in [2.24, 2.45) is 7.05 Å². The number of hydrogen-bond donors (Lipinski definition) is 2. The molecule has 1 aromatic heterocycles. The number of nitrogens with one attached hydrogen (secondary N) is 1. The molecule has 0 aliphatic heterocycles. The van der Waals surface area contributed by atoms with Crippen LogP contribution in [0.2, 0.25) is 0 Å². The van der Waals surface area contributed by atoms with E-state index in [1.165, 1.54) is 0 Å². The van der Waals surface area contributed by atoms with Crippen LogP contribution in [-0.2, 0) is 18.3 Å². The van der Waals surface area contributed by atoms with E-state index in [0.29, 0.717) is 6.42 Å². The molecule has 2 N–H and O–H groups in total. The number of fused-ring (bicyclic) bond motifs is 1. The monoisotopic (exact) mass is 294 g/mol. The Bertz CT molecular complexity index is 793. The summed E-state index contributed by atoms with van der Waals surface area (Å²) in [6.07, 6.45) is 2.44. The largest absolute Gasteiger partial charge is 0.480 e. The van der Waals surface area contributed by atoms with Gasteiger partial charge < -0.3 is 15.0 Å². The predicted molar refractivity (Wildman–Crippen MR) is 88.1 cm³/mol. The summed E-state index contributed by atoms with van der Waals surface area (Å²) in [5.74, 6) is -0.850. The van der Waals surface area contributed by atoms with Crippen molar-refractivity contribution in [3.05, 3.63) is 66.4 Å². The van der Waals surface area contributed by atoms with Crippen molar-refractivity contribution in [1.82, 2.24) is 4.57 Å². The van der Waals surface area contributed by atoms with Gasteiger partial charge in [0.15, 0.2) is 0 Å². The molecular weight excluding hydrogens is 276 g/mol. The minimum atomic E-state index is -0.850. The van der Waals surface area contributed by atoms with Gasteiger partial charge in [-0.2, -0.15) is 0 Å². The molecular formula is C18H18N2O2. The van der Waals surface area contributed by atoms with Crippen LogP contribution in [0.1, 0.15) is 5.56 Å². The fourth-order valence-electron chi connectivity index (χ4n) is 2.62. The summed E-state index contributed by atoms with van der Waals surface area (Å²) in [4.78, 5) is 11.5. The highest BCUT2D eigenvalue weighted by Crippen LogP contribution is 2.21. The summed E-state index contributed by atoms with van der Waals surface area (Å²) in [6, 6.07) is 16.9. The number of carbonyl (C=O) groups is 1. The van der Waals surface area contributed by atoms with Crippen molar-refractivity contribution in [2.45, 2.75) is 12.5 Å². The van der Waals surface area contributed by atoms with Crippen molar-refractivity contribution in [3.63, 3.8) is 0 Å². The lowest BCUT2D eigenvalue weighted by Crippen LogP contribution is -2.31. The first-order valence-electron chi connectivity index (χ1n) is 7.22. The Morgan fingerprint density at radius 1 is 1.18 bits per heavy atom. The van der Waals surface area contributed by atoms with Gasteiger partial charge in [0.05, 0.1) is 0 Å². The van der Waals surface area contributed by atoms with Gasteiger partial charge in [-0.1, -0.05) is 30.3 Å². The number of carboxylic acids is 1. The molecule has 0 saturated heterocycles. The van der Waals surface area contributed by atoms with E-state index in [2.05, 4.69) is 5.32 Å². The molecule has 0 bridgehead atoms. The summed E-state index contributed by atoms with van der Waals surface area (Å²) in [7, 11) is 1.99. The summed E-state index contributed by atoms with van der Waals surface area (Å²) < 4.78 is 2.04. The Labute approximate surface area is 129 Å². The number of aliphatic carboxylic acids is 1. The van der Waals surface area contributed by atoms with Crippen LogP contribution in [0.15, 0.2) is 60.8 Å². The van der Waals surface area contributed by atoms with Crippen molar-refractivity contribution >= 4 is 22.6 Å². The van der Waals surface area contributed by atoms with E-state index in [0.717, 1.165) is 22.2 Å². The zero-order valence-electron chi connectivity index (χ0n) is 12.4. The van der Waals surface area contributed by atoms with Crippen molar-refractivity contribution in [1.29, 1.82) is 0 Å². The second-order valence-corrected chi connectivity index (χ2v) is 5.43. The van der Waals surface area contributed by atoms with Crippen LogP contribution in [-0.4, -0.2) is 21.7 Å². The number of benzene rings is 2. The normalized spacial score (nSPS) is 12.2. The van der Waals surface area contributed by atoms with Gasteiger partial charge in [0.2, 0.25) is 0 Å². The smallest absolute Gasteiger partial charge is 0.326 e. The van der Waals surface area contributed by atoms with Crippen molar-refractivity contribution in [3.8, 4) is 0 Å². The molecule has 0 saturated carbocycles. The van der Waals surface area contributed by atoms with Crippen LogP contribution < -0.4 is 5.32 Å². The summed E-state index contributed by atoms with van der Waals surface area (Å²) in [5.41, 5.74) is 2.95. The molecule has 2 aromatic carbocycles. The molecule has 0 aliphatic carbocycles. The van der Waals surface area contributed by atoms with Crippen molar-refractivity contribution in [2.75, 3.05) is 5.32 Å². The molecule has 0 amide bonds. The highest BCUT2D eigenvalue weighted by Gasteiger charge is 2.17. The van der Waals surface area contributed by atoms with E-state index >= 15 is 0 Å². The average molecular weight is 294 g/mol. The Balaban J connectivity index is 1.81. The fraction of sp³-hybridized carbons (Fsp3) is 0.167. The number of carboxylic acid groups (broad SMARTS) is 1. The highest BCUT2D eigenvalue weighted by molar-refractivity contribution is 5.85. The molecule has 0 radical (unpaired) electrons. The lowest BCUT2D eigenvalue weighted by atomic mass is 10.1. The third-order valence-corrected chi connectivity index (χ3v) is 3.81. The molecule has 112 valence electrons. The summed E-state index contributed by atoms with van der Waals surface area (Å²) in [6.45, 7) is 0. The molecule has 1 atom stereocenters. The molecule has 1 heterocycles. The number of anilines is 1. The Morgan fingerprint density at radius 3 is 2.68 bits per heavy atom. The molecule has 3 aromatic rings. The number of aryl methyl sites for hydroxylation is 1. The van der Waals surface area contributed by atoms with Crippen LogP contribution in [0.4, 0.5) is 5.69 Å². The van der Waals surface area contributed by atoms with E-state index in [-0.39, 0.29) is 0 Å². The SMILES string of the molecule is Cn1ccc2cc(NC(Cc3ccccc3)C(=O)O)ccc21. The average Bonchev–Trinajstić information content (AvgIpc) is 2.88. The number of hydrogen-bond acceptors (Lipinski definition) is 2. The maximum atomic E-state index is 11.5. The van der Waals surface area contributed by atoms with Crippen LogP contribution in [0.25, 0.3) is 10.9 Å². The molecule has 0 spiro atoms. The highest BCUT2D eigenvalue weighted by atomic mass is 16.4. The van der Waals surface area contributed by atoms with Gasteiger partial charge in [-0.05, 0) is 29.8 Å². The molecule has 3 rings (SSSR count). The molecule has 22 heavy (non-hydrogen) atoms. The van der Waals surface area contributed by atoms with Crippen LogP contribution in [0.5, 0.6) is 0 Å². The Hall–Kier alpha value is -2.75.